The topological polar surface area (TPSA) is 54.2 Å². The van der Waals surface area contributed by atoms with E-state index in [1.54, 1.807) is 11.3 Å². The molecule has 4 heterocycles. The van der Waals surface area contributed by atoms with Crippen molar-refractivity contribution < 1.29 is 4.42 Å². The van der Waals surface area contributed by atoms with Crippen LogP contribution in [0.15, 0.2) is 28.1 Å². The number of hydrogen-bond acceptors (Lipinski definition) is 6. The lowest BCUT2D eigenvalue weighted by molar-refractivity contribution is 0.437. The number of fused-ring (bicyclic) bond motifs is 3. The highest BCUT2D eigenvalue weighted by atomic mass is 32.1. The maximum absolute atomic E-state index is 6.11. The van der Waals surface area contributed by atoms with Crippen LogP contribution in [-0.2, 0) is 0 Å². The Morgan fingerprint density at radius 1 is 1.32 bits per heavy atom. The number of hydrogen-bond donors (Lipinski definition) is 1. The number of benzene rings is 1. The molecule has 0 saturated carbocycles. The van der Waals surface area contributed by atoms with Crippen LogP contribution < -0.4 is 10.2 Å². The van der Waals surface area contributed by atoms with Crippen molar-refractivity contribution in [3.05, 3.63) is 29.8 Å². The molecular weight excluding hydrogens is 296 g/mol. The largest absolute Gasteiger partial charge is 0.423 e. The van der Waals surface area contributed by atoms with Crippen LogP contribution in [0.2, 0.25) is 0 Å². The standard InChI is InChI=1S/C16H15N4OS/c1-2-12(15-17-6-7-22-15)14-13(3-1)19-16(21-14)20-8-10-4-5-11(9-20)18-10/h1-2,6-7,10-11,18H,4-5,8-9H2. The van der Waals surface area contributed by atoms with Gasteiger partial charge in [0.25, 0.3) is 6.01 Å². The summed E-state index contributed by atoms with van der Waals surface area (Å²) < 4.78 is 6.11. The first-order chi connectivity index (χ1) is 10.9. The highest BCUT2D eigenvalue weighted by Crippen LogP contribution is 2.33. The summed E-state index contributed by atoms with van der Waals surface area (Å²) in [4.78, 5) is 11.3. The van der Waals surface area contributed by atoms with E-state index in [0.29, 0.717) is 18.1 Å². The fraction of sp³-hybridized carbons (Fsp3) is 0.375. The van der Waals surface area contributed by atoms with Crippen LogP contribution >= 0.6 is 11.3 Å². The van der Waals surface area contributed by atoms with Crippen molar-refractivity contribution in [2.45, 2.75) is 24.9 Å². The quantitative estimate of drug-likeness (QED) is 0.788. The Kier molecular flexibility index (Phi) is 2.75. The molecule has 0 spiro atoms. The Morgan fingerprint density at radius 3 is 2.95 bits per heavy atom. The molecule has 6 heteroatoms. The van der Waals surface area contributed by atoms with E-state index in [1.807, 2.05) is 23.7 Å². The third-order valence-corrected chi connectivity index (χ3v) is 5.29. The third kappa shape index (κ3) is 1.94. The lowest BCUT2D eigenvalue weighted by Crippen LogP contribution is -2.51. The highest BCUT2D eigenvalue weighted by molar-refractivity contribution is 7.13. The lowest BCUT2D eigenvalue weighted by Gasteiger charge is -2.31. The lowest BCUT2D eigenvalue weighted by atomic mass is 10.2. The zero-order chi connectivity index (χ0) is 14.5. The Morgan fingerprint density at radius 2 is 2.18 bits per heavy atom. The number of anilines is 1. The number of aromatic nitrogens is 2. The number of thiazole rings is 1. The summed E-state index contributed by atoms with van der Waals surface area (Å²) in [6.45, 7) is 1.94. The minimum absolute atomic E-state index is 0.566. The fourth-order valence-corrected chi connectivity index (χ4v) is 4.14. The van der Waals surface area contributed by atoms with Crippen LogP contribution in [-0.4, -0.2) is 35.1 Å². The van der Waals surface area contributed by atoms with Gasteiger partial charge in [-0.15, -0.1) is 11.3 Å². The van der Waals surface area contributed by atoms with Crippen molar-refractivity contribution in [3.8, 4) is 10.6 Å². The van der Waals surface area contributed by atoms with Gasteiger partial charge >= 0.3 is 0 Å². The molecule has 0 amide bonds. The van der Waals surface area contributed by atoms with E-state index in [2.05, 4.69) is 26.3 Å². The van der Waals surface area contributed by atoms with Crippen LogP contribution in [0.5, 0.6) is 0 Å². The smallest absolute Gasteiger partial charge is 0.298 e. The van der Waals surface area contributed by atoms with E-state index in [1.165, 1.54) is 12.8 Å². The molecule has 1 N–H and O–H groups in total. The molecule has 0 aliphatic carbocycles. The first-order valence-corrected chi connectivity index (χ1v) is 8.47. The van der Waals surface area contributed by atoms with Crippen molar-refractivity contribution in [1.29, 1.82) is 0 Å². The number of nitrogens with one attached hydrogen (secondary N) is 1. The predicted octanol–water partition coefficient (Wildman–Crippen LogP) is 2.69. The van der Waals surface area contributed by atoms with Gasteiger partial charge in [-0.1, -0.05) is 6.07 Å². The predicted molar refractivity (Wildman–Crippen MR) is 86.1 cm³/mol. The molecular formula is C16H15N4OS. The molecule has 2 aromatic heterocycles. The second kappa shape index (κ2) is 4.79. The molecule has 2 atom stereocenters. The van der Waals surface area contributed by atoms with Crippen molar-refractivity contribution in [1.82, 2.24) is 15.3 Å². The van der Waals surface area contributed by atoms with E-state index in [9.17, 15) is 0 Å². The Labute approximate surface area is 132 Å². The van der Waals surface area contributed by atoms with Crippen LogP contribution in [0.4, 0.5) is 6.01 Å². The second-order valence-electron chi connectivity index (χ2n) is 5.95. The summed E-state index contributed by atoms with van der Waals surface area (Å²) in [6, 6.07) is 8.92. The third-order valence-electron chi connectivity index (χ3n) is 4.48. The van der Waals surface area contributed by atoms with Crippen LogP contribution in [0.1, 0.15) is 12.8 Å². The summed E-state index contributed by atoms with van der Waals surface area (Å²) in [6.07, 6.45) is 4.31. The number of piperazine rings is 1. The maximum atomic E-state index is 6.11. The molecule has 2 fully saturated rings. The number of nitrogens with zero attached hydrogens (tertiary/aromatic N) is 3. The van der Waals surface area contributed by atoms with Gasteiger partial charge in [0.05, 0.1) is 5.56 Å². The summed E-state index contributed by atoms with van der Waals surface area (Å²) >= 11 is 1.61. The van der Waals surface area contributed by atoms with Gasteiger partial charge in [-0.3, -0.25) is 0 Å². The van der Waals surface area contributed by atoms with Crippen molar-refractivity contribution in [3.63, 3.8) is 0 Å². The summed E-state index contributed by atoms with van der Waals surface area (Å²) in [5.41, 5.74) is 2.58. The zero-order valence-corrected chi connectivity index (χ0v) is 12.8. The molecule has 2 bridgehead atoms. The summed E-state index contributed by atoms with van der Waals surface area (Å²) in [5, 5.41) is 6.57. The minimum atomic E-state index is 0.566. The van der Waals surface area contributed by atoms with Gasteiger partial charge < -0.3 is 14.6 Å². The maximum Gasteiger partial charge on any atom is 0.298 e. The summed E-state index contributed by atoms with van der Waals surface area (Å²) in [5.74, 6) is 0. The normalized spacial score (nSPS) is 24.3. The van der Waals surface area contributed by atoms with E-state index >= 15 is 0 Å². The molecule has 2 aliphatic heterocycles. The molecule has 111 valence electrons. The van der Waals surface area contributed by atoms with Gasteiger partial charge in [-0.2, -0.15) is 4.98 Å². The van der Waals surface area contributed by atoms with Crippen molar-refractivity contribution in [2.24, 2.45) is 0 Å². The second-order valence-corrected chi connectivity index (χ2v) is 6.84. The van der Waals surface area contributed by atoms with Gasteiger partial charge in [0.2, 0.25) is 0 Å². The van der Waals surface area contributed by atoms with Crippen LogP contribution in [0, 0.1) is 6.07 Å². The SMILES string of the molecule is [c]1ccc(-c2nccs2)c2oc(N3CC4CCC(C3)N4)nc12. The molecule has 2 unspecified atom stereocenters. The minimum Gasteiger partial charge on any atom is -0.423 e. The van der Waals surface area contributed by atoms with Gasteiger partial charge in [0.1, 0.15) is 10.5 Å². The summed E-state index contributed by atoms with van der Waals surface area (Å²) in [7, 11) is 0. The van der Waals surface area contributed by atoms with Gasteiger partial charge in [-0.25, -0.2) is 4.98 Å². The van der Waals surface area contributed by atoms with Crippen LogP contribution in [0.3, 0.4) is 0 Å². The first-order valence-electron chi connectivity index (χ1n) is 7.59. The number of oxazole rings is 1. The molecule has 5 rings (SSSR count). The average Bonchev–Trinajstić information content (AvgIpc) is 3.26. The molecule has 3 aromatic rings. The highest BCUT2D eigenvalue weighted by Gasteiger charge is 2.34. The molecule has 2 saturated heterocycles. The molecule has 1 radical (unpaired) electrons. The van der Waals surface area contributed by atoms with Crippen molar-refractivity contribution in [2.75, 3.05) is 18.0 Å². The first kappa shape index (κ1) is 12.6. The van der Waals surface area contributed by atoms with Crippen LogP contribution in [0.25, 0.3) is 21.7 Å². The van der Waals surface area contributed by atoms with Gasteiger partial charge in [0.15, 0.2) is 5.58 Å². The van der Waals surface area contributed by atoms with E-state index in [0.717, 1.165) is 34.8 Å². The average molecular weight is 311 g/mol. The van der Waals surface area contributed by atoms with E-state index in [-0.39, 0.29) is 0 Å². The van der Waals surface area contributed by atoms with E-state index < -0.39 is 0 Å². The van der Waals surface area contributed by atoms with Gasteiger partial charge in [0, 0.05) is 42.8 Å². The molecule has 5 nitrogen and oxygen atoms in total. The fourth-order valence-electron chi connectivity index (χ4n) is 3.48. The molecule has 1 aromatic carbocycles. The molecule has 2 aliphatic rings. The number of rotatable bonds is 2. The van der Waals surface area contributed by atoms with E-state index in [4.69, 9.17) is 4.42 Å². The molecule has 22 heavy (non-hydrogen) atoms. The Balaban J connectivity index is 1.57. The van der Waals surface area contributed by atoms with Gasteiger partial charge in [-0.05, 0) is 18.9 Å². The monoisotopic (exact) mass is 311 g/mol. The van der Waals surface area contributed by atoms with Crippen molar-refractivity contribution >= 4 is 28.5 Å². The Bertz CT molecular complexity index is 801. The zero-order valence-electron chi connectivity index (χ0n) is 12.0. The Hall–Kier alpha value is -1.92.